The molecule has 2 heterocycles. The molecule has 0 spiro atoms. The van der Waals surface area contributed by atoms with E-state index in [9.17, 15) is 4.79 Å². The third-order valence-electron chi connectivity index (χ3n) is 4.50. The summed E-state index contributed by atoms with van der Waals surface area (Å²) in [6.45, 7) is 2.20. The zero-order valence-electron chi connectivity index (χ0n) is 15.5. The summed E-state index contributed by atoms with van der Waals surface area (Å²) < 4.78 is 12.5. The number of furan rings is 2. The van der Waals surface area contributed by atoms with Crippen molar-refractivity contribution < 1.29 is 13.6 Å². The Hall–Kier alpha value is -2.76. The van der Waals surface area contributed by atoms with E-state index in [1.54, 1.807) is 12.1 Å². The van der Waals surface area contributed by atoms with E-state index in [1.807, 2.05) is 61.5 Å². The van der Waals surface area contributed by atoms with Crippen LogP contribution >= 0.6 is 27.5 Å². The van der Waals surface area contributed by atoms with Gasteiger partial charge in [0, 0.05) is 20.6 Å². The van der Waals surface area contributed by atoms with Gasteiger partial charge < -0.3 is 14.2 Å². The number of nitrogens with one attached hydrogen (secondary N) is 1. The highest BCUT2D eigenvalue weighted by atomic mass is 79.9. The Bertz CT molecular complexity index is 1160. The van der Waals surface area contributed by atoms with Crippen molar-refractivity contribution in [1.82, 2.24) is 5.32 Å². The summed E-state index contributed by atoms with van der Waals surface area (Å²) in [4.78, 5) is 12.4. The quantitative estimate of drug-likeness (QED) is 0.346. The molecule has 0 unspecified atom stereocenters. The molecule has 0 saturated heterocycles. The van der Waals surface area contributed by atoms with Crippen LogP contribution in [0.4, 0.5) is 0 Å². The number of hydrogen-bond donors (Lipinski definition) is 1. The average Bonchev–Trinajstić information content (AvgIpc) is 3.39. The predicted octanol–water partition coefficient (Wildman–Crippen LogP) is 6.86. The highest BCUT2D eigenvalue weighted by molar-refractivity contribution is 9.10. The molecule has 0 radical (unpaired) electrons. The molecular weight excluding hydrogens is 454 g/mol. The standard InChI is InChI=1S/C23H17BrClNO3/c1-14-2-3-16(12-19(14)25)21-10-11-22(29-21)23(27)26-13-18-8-9-20(28-18)15-4-6-17(24)7-5-15/h2-12H,13H2,1H3,(H,26,27). The number of rotatable bonds is 5. The van der Waals surface area contributed by atoms with Gasteiger partial charge in [-0.2, -0.15) is 0 Å². The topological polar surface area (TPSA) is 55.4 Å². The number of halogens is 2. The van der Waals surface area contributed by atoms with Crippen molar-refractivity contribution in [2.45, 2.75) is 13.5 Å². The Kier molecular flexibility index (Phi) is 5.60. The van der Waals surface area contributed by atoms with Crippen molar-refractivity contribution in [3.63, 3.8) is 0 Å². The van der Waals surface area contributed by atoms with Gasteiger partial charge in [0.1, 0.15) is 17.3 Å². The summed E-state index contributed by atoms with van der Waals surface area (Å²) in [5.74, 6) is 1.92. The summed E-state index contributed by atoms with van der Waals surface area (Å²) in [7, 11) is 0. The molecule has 0 atom stereocenters. The molecule has 2 aromatic carbocycles. The van der Waals surface area contributed by atoms with Gasteiger partial charge in [-0.15, -0.1) is 0 Å². The Balaban J connectivity index is 1.41. The first-order valence-electron chi connectivity index (χ1n) is 8.99. The van der Waals surface area contributed by atoms with E-state index in [-0.39, 0.29) is 18.2 Å². The van der Waals surface area contributed by atoms with Gasteiger partial charge in [-0.25, -0.2) is 0 Å². The summed E-state index contributed by atoms with van der Waals surface area (Å²) in [5.41, 5.74) is 2.78. The summed E-state index contributed by atoms with van der Waals surface area (Å²) in [6.07, 6.45) is 0. The van der Waals surface area contributed by atoms with E-state index in [1.165, 1.54) is 0 Å². The molecule has 0 saturated carbocycles. The fourth-order valence-electron chi connectivity index (χ4n) is 2.86. The molecular formula is C23H17BrClNO3. The van der Waals surface area contributed by atoms with E-state index >= 15 is 0 Å². The molecule has 6 heteroatoms. The van der Waals surface area contributed by atoms with Gasteiger partial charge in [0.05, 0.1) is 6.54 Å². The predicted molar refractivity (Wildman–Crippen MR) is 117 cm³/mol. The Morgan fingerprint density at radius 3 is 2.38 bits per heavy atom. The Morgan fingerprint density at radius 1 is 0.931 bits per heavy atom. The normalized spacial score (nSPS) is 10.9. The number of amides is 1. The van der Waals surface area contributed by atoms with Crippen LogP contribution in [0.1, 0.15) is 21.9 Å². The number of carbonyl (C=O) groups is 1. The van der Waals surface area contributed by atoms with Crippen molar-refractivity contribution in [3.8, 4) is 22.6 Å². The fraction of sp³-hybridized carbons (Fsp3) is 0.0870. The van der Waals surface area contributed by atoms with Crippen LogP contribution in [0.2, 0.25) is 5.02 Å². The van der Waals surface area contributed by atoms with Crippen LogP contribution in [0.3, 0.4) is 0 Å². The molecule has 0 aliphatic carbocycles. The number of hydrogen-bond acceptors (Lipinski definition) is 3. The maximum Gasteiger partial charge on any atom is 0.287 e. The van der Waals surface area contributed by atoms with Crippen LogP contribution in [-0.4, -0.2) is 5.91 Å². The van der Waals surface area contributed by atoms with E-state index in [0.717, 1.165) is 26.9 Å². The van der Waals surface area contributed by atoms with Gasteiger partial charge in [-0.1, -0.05) is 51.8 Å². The summed E-state index contributed by atoms with van der Waals surface area (Å²) in [6, 6.07) is 20.6. The lowest BCUT2D eigenvalue weighted by atomic mass is 10.1. The molecule has 4 nitrogen and oxygen atoms in total. The molecule has 146 valence electrons. The van der Waals surface area contributed by atoms with Crippen molar-refractivity contribution in [2.24, 2.45) is 0 Å². The van der Waals surface area contributed by atoms with Crippen LogP contribution in [0.5, 0.6) is 0 Å². The van der Waals surface area contributed by atoms with E-state index in [2.05, 4.69) is 21.2 Å². The van der Waals surface area contributed by atoms with Crippen molar-refractivity contribution in [1.29, 1.82) is 0 Å². The zero-order chi connectivity index (χ0) is 20.4. The summed E-state index contributed by atoms with van der Waals surface area (Å²) >= 11 is 9.59. The minimum absolute atomic E-state index is 0.233. The Morgan fingerprint density at radius 2 is 1.62 bits per heavy atom. The minimum Gasteiger partial charge on any atom is -0.459 e. The van der Waals surface area contributed by atoms with E-state index in [4.69, 9.17) is 20.4 Å². The second-order valence-electron chi connectivity index (χ2n) is 6.58. The van der Waals surface area contributed by atoms with Crippen molar-refractivity contribution in [2.75, 3.05) is 0 Å². The van der Waals surface area contributed by atoms with E-state index < -0.39 is 0 Å². The lowest BCUT2D eigenvalue weighted by Gasteiger charge is -2.02. The van der Waals surface area contributed by atoms with Gasteiger partial charge in [0.2, 0.25) is 0 Å². The van der Waals surface area contributed by atoms with Gasteiger partial charge in [-0.05, 0) is 55.0 Å². The third kappa shape index (κ3) is 4.47. The molecule has 0 bridgehead atoms. The number of aryl methyl sites for hydroxylation is 1. The highest BCUT2D eigenvalue weighted by Crippen LogP contribution is 2.27. The van der Waals surface area contributed by atoms with Gasteiger partial charge in [-0.3, -0.25) is 4.79 Å². The third-order valence-corrected chi connectivity index (χ3v) is 5.44. The zero-order valence-corrected chi connectivity index (χ0v) is 17.9. The van der Waals surface area contributed by atoms with Crippen LogP contribution in [0.15, 0.2) is 80.0 Å². The fourth-order valence-corrected chi connectivity index (χ4v) is 3.30. The smallest absolute Gasteiger partial charge is 0.287 e. The monoisotopic (exact) mass is 469 g/mol. The molecule has 4 aromatic rings. The second kappa shape index (κ2) is 8.31. The molecule has 4 rings (SSSR count). The van der Waals surface area contributed by atoms with Crippen LogP contribution in [-0.2, 0) is 6.54 Å². The SMILES string of the molecule is Cc1ccc(-c2ccc(C(=O)NCc3ccc(-c4ccc(Br)cc4)o3)o2)cc1Cl. The van der Waals surface area contributed by atoms with Crippen LogP contribution in [0.25, 0.3) is 22.6 Å². The largest absolute Gasteiger partial charge is 0.459 e. The molecule has 0 fully saturated rings. The number of carbonyl (C=O) groups excluding carboxylic acids is 1. The lowest BCUT2D eigenvalue weighted by Crippen LogP contribution is -2.21. The van der Waals surface area contributed by atoms with Crippen LogP contribution < -0.4 is 5.32 Å². The first-order chi connectivity index (χ1) is 14.0. The minimum atomic E-state index is -0.309. The van der Waals surface area contributed by atoms with Crippen molar-refractivity contribution >= 4 is 33.4 Å². The Labute approximate surface area is 181 Å². The average molecular weight is 471 g/mol. The molecule has 2 aromatic heterocycles. The maximum atomic E-state index is 12.4. The molecule has 1 N–H and O–H groups in total. The van der Waals surface area contributed by atoms with Crippen molar-refractivity contribution in [3.05, 3.63) is 93.3 Å². The van der Waals surface area contributed by atoms with Crippen LogP contribution in [0, 0.1) is 6.92 Å². The maximum absolute atomic E-state index is 12.4. The number of benzene rings is 2. The molecule has 0 aliphatic heterocycles. The van der Waals surface area contributed by atoms with Gasteiger partial charge in [0.25, 0.3) is 5.91 Å². The first kappa shape index (κ1) is 19.6. The molecule has 29 heavy (non-hydrogen) atoms. The summed E-state index contributed by atoms with van der Waals surface area (Å²) in [5, 5.41) is 3.47. The van der Waals surface area contributed by atoms with E-state index in [0.29, 0.717) is 16.5 Å². The highest BCUT2D eigenvalue weighted by Gasteiger charge is 2.14. The van der Waals surface area contributed by atoms with Gasteiger partial charge >= 0.3 is 0 Å². The van der Waals surface area contributed by atoms with Gasteiger partial charge in [0.15, 0.2) is 5.76 Å². The molecule has 1 amide bonds. The molecule has 0 aliphatic rings. The second-order valence-corrected chi connectivity index (χ2v) is 7.91. The lowest BCUT2D eigenvalue weighted by molar-refractivity contribution is 0.0921. The first-order valence-corrected chi connectivity index (χ1v) is 10.2.